The third kappa shape index (κ3) is 7.31. The topological polar surface area (TPSA) is 45.2 Å². The highest BCUT2D eigenvalue weighted by Crippen LogP contribution is 2.70. The molecule has 0 radical (unpaired) electrons. The number of furan rings is 2. The minimum atomic E-state index is -0.975. The molecule has 16 aromatic rings. The summed E-state index contributed by atoms with van der Waals surface area (Å²) in [6.45, 7) is 13.7. The van der Waals surface area contributed by atoms with E-state index in [1.54, 1.807) is 0 Å². The standard InChI is InChI=1S/C85H61N3O3S/c1-83(2,3)50-40-44-52(45-41-50)86(67-33-19-27-58-55-23-9-15-35-71(55)90-80(58)67)69-48-63-76(57-25-8-7-22-54(57)69)78-64(85(63)61-29-12-13-31-65(61)88-66-32-14-17-37-73(66)89-74-38-21-30-62(85)79(74)88)49-70(77-60-26-11-18-39-75(60)92-82(77)78)87(53-46-42-51(43-47-53)84(4,5)6)68-34-20-28-59-56-24-10-16-36-72(56)91-81(59)68/h7-49H,1-6H3. The molecule has 1 atom stereocenters. The van der Waals surface area contributed by atoms with Crippen molar-refractivity contribution in [1.29, 1.82) is 0 Å². The maximum absolute atomic E-state index is 7.18. The van der Waals surface area contributed by atoms with E-state index < -0.39 is 5.41 Å². The van der Waals surface area contributed by atoms with E-state index in [1.807, 2.05) is 11.3 Å². The monoisotopic (exact) mass is 1200 g/mol. The van der Waals surface area contributed by atoms with Gasteiger partial charge in [0.05, 0.1) is 45.2 Å². The maximum atomic E-state index is 7.18. The summed E-state index contributed by atoms with van der Waals surface area (Å²) in [7, 11) is 0. The van der Waals surface area contributed by atoms with Crippen molar-refractivity contribution in [1.82, 2.24) is 0 Å². The second-order valence-corrected chi connectivity index (χ2v) is 28.1. The van der Waals surface area contributed by atoms with Crippen LogP contribution in [0.2, 0.25) is 0 Å². The number of hydrogen-bond acceptors (Lipinski definition) is 7. The molecule has 0 saturated heterocycles. The second-order valence-electron chi connectivity index (χ2n) is 27.1. The Labute approximate surface area is 537 Å². The fourth-order valence-electron chi connectivity index (χ4n) is 15.8. The van der Waals surface area contributed by atoms with Crippen LogP contribution in [-0.2, 0) is 16.2 Å². The van der Waals surface area contributed by atoms with Crippen LogP contribution >= 0.6 is 11.3 Å². The van der Waals surface area contributed by atoms with Gasteiger partial charge in [0.15, 0.2) is 22.7 Å². The molecule has 0 N–H and O–H groups in total. The SMILES string of the molecule is CC(C)(C)c1ccc(N(c2cc3c(c4ccccc24)-c2c(cc(N(c4ccc(C(C)(C)C)cc4)c4cccc5c4oc4ccccc45)c4c2sc2ccccc24)C32c3ccccc3N3c4ccccc4Oc4cccc2c43)c2cccc3c2oc2ccccc23)cc1. The highest BCUT2D eigenvalue weighted by molar-refractivity contribution is 7.26. The predicted molar refractivity (Wildman–Crippen MR) is 384 cm³/mol. The molecule has 5 heterocycles. The number of fused-ring (bicyclic) bond motifs is 23. The normalized spacial score (nSPS) is 14.7. The van der Waals surface area contributed by atoms with Crippen molar-refractivity contribution in [2.75, 3.05) is 14.7 Å². The van der Waals surface area contributed by atoms with Crippen molar-refractivity contribution in [3.05, 3.63) is 294 Å². The van der Waals surface area contributed by atoms with Crippen molar-refractivity contribution in [2.45, 2.75) is 57.8 Å². The summed E-state index contributed by atoms with van der Waals surface area (Å²) in [4.78, 5) is 7.46. The van der Waals surface area contributed by atoms with E-state index >= 15 is 0 Å². The summed E-state index contributed by atoms with van der Waals surface area (Å²) in [5.41, 5.74) is 21.1. The van der Waals surface area contributed by atoms with Gasteiger partial charge in [0, 0.05) is 64.0 Å². The van der Waals surface area contributed by atoms with Crippen LogP contribution in [-0.4, -0.2) is 0 Å². The van der Waals surface area contributed by atoms with Gasteiger partial charge in [-0.1, -0.05) is 211 Å². The number of para-hydroxylation sites is 8. The summed E-state index contributed by atoms with van der Waals surface area (Å²) in [5, 5.41) is 8.96. The molecule has 3 aliphatic rings. The van der Waals surface area contributed by atoms with Crippen molar-refractivity contribution in [3.63, 3.8) is 0 Å². The average molecular weight is 1200 g/mol. The van der Waals surface area contributed by atoms with Gasteiger partial charge >= 0.3 is 0 Å². The largest absolute Gasteiger partial charge is 0.454 e. The molecule has 2 aliphatic heterocycles. The zero-order chi connectivity index (χ0) is 61.5. The lowest BCUT2D eigenvalue weighted by Gasteiger charge is -2.47. The highest BCUT2D eigenvalue weighted by Gasteiger charge is 2.55. The molecule has 7 heteroatoms. The van der Waals surface area contributed by atoms with Gasteiger partial charge in [-0.15, -0.1) is 11.3 Å². The fourth-order valence-corrected chi connectivity index (χ4v) is 17.0. The Morgan fingerprint density at radius 3 is 1.49 bits per heavy atom. The van der Waals surface area contributed by atoms with Gasteiger partial charge in [-0.2, -0.15) is 0 Å². The Kier molecular flexibility index (Phi) is 11.0. The third-order valence-electron chi connectivity index (χ3n) is 19.9. The molecule has 19 rings (SSSR count). The lowest BCUT2D eigenvalue weighted by Crippen LogP contribution is -2.37. The second kappa shape index (κ2) is 19.1. The first kappa shape index (κ1) is 53.0. The molecule has 92 heavy (non-hydrogen) atoms. The van der Waals surface area contributed by atoms with E-state index in [2.05, 4.69) is 317 Å². The molecule has 1 unspecified atom stereocenters. The summed E-state index contributed by atoms with van der Waals surface area (Å²) < 4.78 is 23.8. The maximum Gasteiger partial charge on any atom is 0.159 e. The number of anilines is 9. The van der Waals surface area contributed by atoms with E-state index in [0.717, 1.165) is 123 Å². The molecular formula is C85H61N3O3S. The van der Waals surface area contributed by atoms with Gasteiger partial charge < -0.3 is 28.3 Å². The Morgan fingerprint density at radius 2 is 0.848 bits per heavy atom. The van der Waals surface area contributed by atoms with Crippen LogP contribution < -0.4 is 19.4 Å². The number of hydrogen-bond donors (Lipinski definition) is 0. The van der Waals surface area contributed by atoms with E-state index in [9.17, 15) is 0 Å². The van der Waals surface area contributed by atoms with Crippen LogP contribution in [0.25, 0.3) is 85.9 Å². The molecule has 13 aromatic carbocycles. The minimum Gasteiger partial charge on any atom is -0.454 e. The average Bonchev–Trinajstić information content (AvgIpc) is 1.42. The number of thiophene rings is 1. The first-order valence-corrected chi connectivity index (χ1v) is 32.7. The zero-order valence-electron chi connectivity index (χ0n) is 51.8. The Balaban J connectivity index is 0.999. The van der Waals surface area contributed by atoms with Crippen LogP contribution in [0.3, 0.4) is 0 Å². The summed E-state index contributed by atoms with van der Waals surface area (Å²) in [5.74, 6) is 1.63. The van der Waals surface area contributed by atoms with E-state index in [-0.39, 0.29) is 10.8 Å². The summed E-state index contributed by atoms with van der Waals surface area (Å²) in [6, 6.07) is 96.5. The van der Waals surface area contributed by atoms with Gasteiger partial charge in [0.1, 0.15) is 11.2 Å². The van der Waals surface area contributed by atoms with Crippen LogP contribution in [0.5, 0.6) is 11.5 Å². The van der Waals surface area contributed by atoms with Crippen LogP contribution in [0.4, 0.5) is 51.2 Å². The number of ether oxygens (including phenoxy) is 1. The molecule has 0 fully saturated rings. The van der Waals surface area contributed by atoms with Gasteiger partial charge in [-0.05, 0) is 146 Å². The molecule has 0 saturated carbocycles. The van der Waals surface area contributed by atoms with Gasteiger partial charge in [0.25, 0.3) is 0 Å². The zero-order valence-corrected chi connectivity index (χ0v) is 52.6. The molecule has 1 aliphatic carbocycles. The van der Waals surface area contributed by atoms with Crippen LogP contribution in [0.15, 0.2) is 270 Å². The van der Waals surface area contributed by atoms with Crippen molar-refractivity contribution < 1.29 is 13.6 Å². The quantitative estimate of drug-likeness (QED) is 0.165. The number of benzene rings is 13. The van der Waals surface area contributed by atoms with E-state index in [0.29, 0.717) is 0 Å². The van der Waals surface area contributed by atoms with E-state index in [1.165, 1.54) is 59.1 Å². The van der Waals surface area contributed by atoms with E-state index in [4.69, 9.17) is 13.6 Å². The van der Waals surface area contributed by atoms with Crippen molar-refractivity contribution in [2.24, 2.45) is 0 Å². The number of rotatable bonds is 6. The Morgan fingerprint density at radius 1 is 0.370 bits per heavy atom. The lowest BCUT2D eigenvalue weighted by atomic mass is 9.64. The Bertz CT molecular complexity index is 5800. The van der Waals surface area contributed by atoms with Crippen molar-refractivity contribution >= 4 is 137 Å². The summed E-state index contributed by atoms with van der Waals surface area (Å²) in [6.07, 6.45) is 0. The first-order valence-electron chi connectivity index (χ1n) is 31.9. The molecule has 6 nitrogen and oxygen atoms in total. The minimum absolute atomic E-state index is 0.0668. The summed E-state index contributed by atoms with van der Waals surface area (Å²) >= 11 is 1.90. The Hall–Kier alpha value is -10.9. The smallest absolute Gasteiger partial charge is 0.159 e. The van der Waals surface area contributed by atoms with Crippen LogP contribution in [0, 0.1) is 0 Å². The molecule has 440 valence electrons. The third-order valence-corrected chi connectivity index (χ3v) is 21.1. The molecule has 3 aromatic heterocycles. The lowest BCUT2D eigenvalue weighted by molar-refractivity contribution is 0.473. The van der Waals surface area contributed by atoms with Crippen molar-refractivity contribution in [3.8, 4) is 22.6 Å². The highest BCUT2D eigenvalue weighted by atomic mass is 32.1. The molecule has 0 bridgehead atoms. The molecular weight excluding hydrogens is 1140 g/mol. The first-order chi connectivity index (χ1) is 44.9. The predicted octanol–water partition coefficient (Wildman–Crippen LogP) is 24.8. The molecule has 0 amide bonds. The fraction of sp³-hybridized carbons (Fsp3) is 0.106. The van der Waals surface area contributed by atoms with Gasteiger partial charge in [-0.3, -0.25) is 0 Å². The number of nitrogens with zero attached hydrogens (tertiary/aromatic N) is 3. The molecule has 1 spiro atoms. The van der Waals surface area contributed by atoms with Gasteiger partial charge in [0.2, 0.25) is 0 Å². The van der Waals surface area contributed by atoms with Crippen LogP contribution in [0.1, 0.15) is 74.9 Å². The van der Waals surface area contributed by atoms with Gasteiger partial charge in [-0.25, -0.2) is 0 Å².